The second kappa shape index (κ2) is 4.88. The average molecular weight is 197 g/mol. The Bertz CT molecular complexity index is 255. The molecule has 0 saturated heterocycles. The van der Waals surface area contributed by atoms with Crippen LogP contribution in [0, 0.1) is 5.92 Å². The molecule has 0 N–H and O–H groups in total. The van der Waals surface area contributed by atoms with Gasteiger partial charge in [0.1, 0.15) is 24.1 Å². The average Bonchev–Trinajstić information content (AvgIpc) is 2.14. The fraction of sp³-hybridized carbons (Fsp3) is 0.700. The van der Waals surface area contributed by atoms with Crippen molar-refractivity contribution in [2.75, 3.05) is 6.61 Å². The van der Waals surface area contributed by atoms with E-state index in [-0.39, 0.29) is 11.6 Å². The molecular weight excluding hydrogens is 182 g/mol. The molecule has 0 aromatic heterocycles. The highest BCUT2D eigenvalue weighted by atomic mass is 16.6. The molecule has 78 valence electrons. The van der Waals surface area contributed by atoms with Crippen LogP contribution in [0.1, 0.15) is 33.1 Å². The summed E-state index contributed by atoms with van der Waals surface area (Å²) in [7, 11) is 0. The van der Waals surface area contributed by atoms with E-state index in [0.717, 1.165) is 0 Å². The molecular formula is C10H15NO3. The Hall–Kier alpha value is -1.19. The Labute approximate surface area is 83.3 Å². The van der Waals surface area contributed by atoms with Crippen LogP contribution in [-0.4, -0.2) is 23.9 Å². The zero-order chi connectivity index (χ0) is 10.6. The quantitative estimate of drug-likeness (QED) is 0.389. The van der Waals surface area contributed by atoms with Crippen LogP contribution < -0.4 is 0 Å². The largest absolute Gasteiger partial charge is 0.396 e. The molecule has 4 nitrogen and oxygen atoms in total. The Morgan fingerprint density at radius 2 is 2.00 bits per heavy atom. The predicted molar refractivity (Wildman–Crippen MR) is 52.1 cm³/mol. The maximum atomic E-state index is 11.5. The lowest BCUT2D eigenvalue weighted by molar-refractivity contribution is -0.132. The molecule has 1 aliphatic carbocycles. The normalized spacial score (nSPS) is 20.0. The summed E-state index contributed by atoms with van der Waals surface area (Å²) in [4.78, 5) is 27.7. The number of hydrogen-bond donors (Lipinski definition) is 0. The van der Waals surface area contributed by atoms with Crippen LogP contribution in [0.25, 0.3) is 0 Å². The van der Waals surface area contributed by atoms with Gasteiger partial charge in [-0.3, -0.25) is 9.59 Å². The third kappa shape index (κ3) is 2.40. The van der Waals surface area contributed by atoms with Crippen LogP contribution >= 0.6 is 0 Å². The predicted octanol–water partition coefficient (Wildman–Crippen LogP) is 1.34. The molecule has 0 aromatic rings. The van der Waals surface area contributed by atoms with Gasteiger partial charge in [0.2, 0.25) is 0 Å². The summed E-state index contributed by atoms with van der Waals surface area (Å²) in [5.41, 5.74) is 0.488. The zero-order valence-electron chi connectivity index (χ0n) is 8.58. The third-order valence-electron chi connectivity index (χ3n) is 2.25. The summed E-state index contributed by atoms with van der Waals surface area (Å²) in [5.74, 6) is -0.695. The maximum absolute atomic E-state index is 11.5. The summed E-state index contributed by atoms with van der Waals surface area (Å²) in [6.07, 6.45) is 1.64. The van der Waals surface area contributed by atoms with E-state index in [9.17, 15) is 9.59 Å². The molecule has 0 radical (unpaired) electrons. The Morgan fingerprint density at radius 3 is 2.50 bits per heavy atom. The first-order valence-electron chi connectivity index (χ1n) is 4.88. The van der Waals surface area contributed by atoms with Crippen molar-refractivity contribution < 1.29 is 14.4 Å². The van der Waals surface area contributed by atoms with Crippen molar-refractivity contribution >= 4 is 17.3 Å². The summed E-state index contributed by atoms with van der Waals surface area (Å²) in [6, 6.07) is 0. The van der Waals surface area contributed by atoms with Crippen molar-refractivity contribution in [2.24, 2.45) is 11.1 Å². The number of carbonyl (C=O) groups excluding carboxylic acids is 2. The van der Waals surface area contributed by atoms with Gasteiger partial charge in [-0.1, -0.05) is 5.16 Å². The molecule has 14 heavy (non-hydrogen) atoms. The van der Waals surface area contributed by atoms with Crippen LogP contribution in [-0.2, 0) is 14.4 Å². The second-order valence-electron chi connectivity index (χ2n) is 3.37. The number of carbonyl (C=O) groups is 2. The van der Waals surface area contributed by atoms with Crippen molar-refractivity contribution in [1.82, 2.24) is 0 Å². The van der Waals surface area contributed by atoms with Crippen LogP contribution in [0.4, 0.5) is 0 Å². The SMILES string of the molecule is CCO/N=C(/C)C1C(=O)CCCC1=O. The lowest BCUT2D eigenvalue weighted by Gasteiger charge is -2.18. The highest BCUT2D eigenvalue weighted by Gasteiger charge is 2.32. The topological polar surface area (TPSA) is 55.7 Å². The molecule has 0 aromatic carbocycles. The third-order valence-corrected chi connectivity index (χ3v) is 2.25. The van der Waals surface area contributed by atoms with Gasteiger partial charge >= 0.3 is 0 Å². The highest BCUT2D eigenvalue weighted by molar-refractivity contribution is 6.21. The Balaban J connectivity index is 2.72. The summed E-state index contributed by atoms with van der Waals surface area (Å²) >= 11 is 0. The minimum atomic E-state index is -0.643. The summed E-state index contributed by atoms with van der Waals surface area (Å²) in [6.45, 7) is 3.93. The van der Waals surface area contributed by atoms with Gasteiger partial charge in [-0.15, -0.1) is 0 Å². The van der Waals surface area contributed by atoms with Gasteiger partial charge in [0, 0.05) is 12.8 Å². The zero-order valence-corrected chi connectivity index (χ0v) is 8.58. The standard InChI is InChI=1S/C10H15NO3/c1-3-14-11-7(2)10-8(12)5-4-6-9(10)13/h10H,3-6H2,1-2H3/b11-7-. The summed E-state index contributed by atoms with van der Waals surface area (Å²) in [5, 5.41) is 3.74. The fourth-order valence-electron chi connectivity index (χ4n) is 1.59. The molecule has 0 atom stereocenters. The van der Waals surface area contributed by atoms with Gasteiger partial charge < -0.3 is 4.84 Å². The van der Waals surface area contributed by atoms with Gasteiger partial charge in [0.05, 0.1) is 5.71 Å². The number of Topliss-reactive ketones (excluding diaryl/α,β-unsaturated/α-hetero) is 2. The maximum Gasteiger partial charge on any atom is 0.149 e. The molecule has 1 saturated carbocycles. The molecule has 0 aliphatic heterocycles. The van der Waals surface area contributed by atoms with Crippen LogP contribution in [0.3, 0.4) is 0 Å². The molecule has 0 amide bonds. The van der Waals surface area contributed by atoms with E-state index in [1.807, 2.05) is 0 Å². The summed E-state index contributed by atoms with van der Waals surface area (Å²) < 4.78 is 0. The van der Waals surface area contributed by atoms with E-state index in [1.165, 1.54) is 0 Å². The lowest BCUT2D eigenvalue weighted by atomic mass is 9.84. The van der Waals surface area contributed by atoms with E-state index in [0.29, 0.717) is 31.6 Å². The highest BCUT2D eigenvalue weighted by Crippen LogP contribution is 2.18. The lowest BCUT2D eigenvalue weighted by Crippen LogP contribution is -2.34. The van der Waals surface area contributed by atoms with Gasteiger partial charge in [0.25, 0.3) is 0 Å². The molecule has 0 spiro atoms. The number of rotatable bonds is 3. The Morgan fingerprint density at radius 1 is 1.43 bits per heavy atom. The van der Waals surface area contributed by atoms with Crippen molar-refractivity contribution in [3.05, 3.63) is 0 Å². The van der Waals surface area contributed by atoms with E-state index in [1.54, 1.807) is 13.8 Å². The number of ketones is 2. The van der Waals surface area contributed by atoms with Crippen molar-refractivity contribution in [2.45, 2.75) is 33.1 Å². The first-order valence-corrected chi connectivity index (χ1v) is 4.88. The van der Waals surface area contributed by atoms with Gasteiger partial charge in [-0.25, -0.2) is 0 Å². The van der Waals surface area contributed by atoms with Gasteiger partial charge in [0.15, 0.2) is 0 Å². The van der Waals surface area contributed by atoms with E-state index < -0.39 is 5.92 Å². The van der Waals surface area contributed by atoms with Crippen molar-refractivity contribution in [1.29, 1.82) is 0 Å². The van der Waals surface area contributed by atoms with Crippen LogP contribution in [0.5, 0.6) is 0 Å². The molecule has 1 fully saturated rings. The first-order chi connectivity index (χ1) is 6.66. The molecule has 0 unspecified atom stereocenters. The number of nitrogens with zero attached hydrogens (tertiary/aromatic N) is 1. The Kier molecular flexibility index (Phi) is 3.80. The second-order valence-corrected chi connectivity index (χ2v) is 3.37. The monoisotopic (exact) mass is 197 g/mol. The van der Waals surface area contributed by atoms with E-state index in [4.69, 9.17) is 4.84 Å². The number of oxime groups is 1. The van der Waals surface area contributed by atoms with Gasteiger partial charge in [-0.2, -0.15) is 0 Å². The molecule has 1 aliphatic rings. The number of hydrogen-bond acceptors (Lipinski definition) is 4. The molecule has 4 heteroatoms. The minimum Gasteiger partial charge on any atom is -0.396 e. The fourth-order valence-corrected chi connectivity index (χ4v) is 1.59. The van der Waals surface area contributed by atoms with Crippen LogP contribution in [0.2, 0.25) is 0 Å². The smallest absolute Gasteiger partial charge is 0.149 e. The van der Waals surface area contributed by atoms with Crippen LogP contribution in [0.15, 0.2) is 5.16 Å². The van der Waals surface area contributed by atoms with E-state index >= 15 is 0 Å². The molecule has 0 heterocycles. The van der Waals surface area contributed by atoms with Crippen molar-refractivity contribution in [3.8, 4) is 0 Å². The minimum absolute atomic E-state index is 0.0257. The molecule has 1 rings (SSSR count). The first kappa shape index (κ1) is 10.9. The molecule has 0 bridgehead atoms. The van der Waals surface area contributed by atoms with Gasteiger partial charge in [-0.05, 0) is 20.3 Å². The van der Waals surface area contributed by atoms with E-state index in [2.05, 4.69) is 5.16 Å². The van der Waals surface area contributed by atoms with Crippen molar-refractivity contribution in [3.63, 3.8) is 0 Å².